The van der Waals surface area contributed by atoms with Crippen molar-refractivity contribution >= 4 is 35.0 Å². The number of benzene rings is 1. The van der Waals surface area contributed by atoms with Crippen LogP contribution in [0.15, 0.2) is 23.7 Å². The first-order chi connectivity index (χ1) is 22.7. The minimum atomic E-state index is -1.97. The number of nitrogens with zero attached hydrogens (tertiary/aromatic N) is 2. The third-order valence-electron chi connectivity index (χ3n) is 8.69. The fourth-order valence-corrected chi connectivity index (χ4v) is 6.42. The number of alkyl halides is 1. The summed E-state index contributed by atoms with van der Waals surface area (Å²) in [5.41, 5.74) is 6.85. The molecule has 1 aromatic carbocycles. The summed E-state index contributed by atoms with van der Waals surface area (Å²) in [6.07, 6.45) is 3.06. The number of aromatic nitrogens is 1. The molecule has 1 saturated carbocycles. The summed E-state index contributed by atoms with van der Waals surface area (Å²) in [5.74, 6) is -1.75. The Morgan fingerprint density at radius 2 is 1.90 bits per heavy atom. The van der Waals surface area contributed by atoms with Crippen molar-refractivity contribution in [1.29, 1.82) is 0 Å². The Hall–Kier alpha value is -3.62. The van der Waals surface area contributed by atoms with Gasteiger partial charge in [-0.3, -0.25) is 19.2 Å². The number of ether oxygens (including phenoxy) is 1. The molecule has 4 amide bonds. The van der Waals surface area contributed by atoms with Crippen LogP contribution in [0.3, 0.4) is 0 Å². The van der Waals surface area contributed by atoms with Gasteiger partial charge in [0.05, 0.1) is 22.2 Å². The molecule has 0 radical (unpaired) electrons. The van der Waals surface area contributed by atoms with Gasteiger partial charge in [-0.15, -0.1) is 11.3 Å². The molecule has 6 N–H and O–H groups in total. The number of carbonyl (C=O) groups excluding carboxylic acids is 4. The topological polar surface area (TPSA) is 176 Å². The van der Waals surface area contributed by atoms with E-state index in [1.807, 2.05) is 25.1 Å². The minimum absolute atomic E-state index is 0.00870. The van der Waals surface area contributed by atoms with Crippen molar-refractivity contribution in [2.45, 2.75) is 103 Å². The van der Waals surface area contributed by atoms with E-state index >= 15 is 0 Å². The van der Waals surface area contributed by atoms with Crippen LogP contribution in [0.4, 0.5) is 4.39 Å². The number of halogens is 1. The van der Waals surface area contributed by atoms with Gasteiger partial charge in [0.15, 0.2) is 12.3 Å². The number of aryl methyl sites for hydroxylation is 1. The van der Waals surface area contributed by atoms with E-state index in [2.05, 4.69) is 20.9 Å². The number of aliphatic hydroxyl groups is 1. The zero-order valence-electron chi connectivity index (χ0n) is 28.3. The van der Waals surface area contributed by atoms with Crippen LogP contribution in [0.5, 0.6) is 5.75 Å². The smallest absolute Gasteiger partial charge is 0.258 e. The van der Waals surface area contributed by atoms with Gasteiger partial charge < -0.3 is 36.4 Å². The zero-order chi connectivity index (χ0) is 35.1. The van der Waals surface area contributed by atoms with Gasteiger partial charge in [0.2, 0.25) is 11.8 Å². The second kappa shape index (κ2) is 16.2. The highest BCUT2D eigenvalue weighted by molar-refractivity contribution is 7.13. The highest BCUT2D eigenvalue weighted by atomic mass is 32.1. The molecule has 0 spiro atoms. The third-order valence-corrected chi connectivity index (χ3v) is 9.67. The van der Waals surface area contributed by atoms with Gasteiger partial charge in [-0.1, -0.05) is 45.7 Å². The zero-order valence-corrected chi connectivity index (χ0v) is 29.1. The molecule has 48 heavy (non-hydrogen) atoms. The number of unbranched alkanes of at least 4 members (excludes halogenated alkanes) is 3. The Balaban J connectivity index is 1.44. The van der Waals surface area contributed by atoms with Crippen LogP contribution in [-0.4, -0.2) is 88.7 Å². The summed E-state index contributed by atoms with van der Waals surface area (Å²) in [7, 11) is 0. The number of likely N-dealkylation sites (tertiary alicyclic amines) is 1. The summed E-state index contributed by atoms with van der Waals surface area (Å²) >= 11 is 1.48. The average molecular weight is 689 g/mol. The SMILES string of the molecule is Cc1ncsc1-c1ccc(CNC(=O)C2C[C@@H](O)CN2C(=O)[C@@H](NC(=O)C2(F)CC2)C(C)(C)C)c(OCC(=O)NCCCCCCN)c1. The quantitative estimate of drug-likeness (QED) is 0.167. The number of nitrogens with two attached hydrogens (primary N) is 1. The largest absolute Gasteiger partial charge is 0.483 e. The molecule has 4 rings (SSSR count). The number of nitrogens with one attached hydrogen (secondary N) is 3. The van der Waals surface area contributed by atoms with Crippen LogP contribution in [0, 0.1) is 12.3 Å². The first-order valence-corrected chi connectivity index (χ1v) is 17.5. The number of carbonyl (C=O) groups is 4. The predicted molar refractivity (Wildman–Crippen MR) is 181 cm³/mol. The van der Waals surface area contributed by atoms with Crippen LogP contribution in [0.25, 0.3) is 10.4 Å². The van der Waals surface area contributed by atoms with Gasteiger partial charge in [-0.05, 0) is 56.2 Å². The molecule has 1 aliphatic carbocycles. The van der Waals surface area contributed by atoms with Crippen LogP contribution in [0.2, 0.25) is 0 Å². The molecule has 14 heteroatoms. The summed E-state index contributed by atoms with van der Waals surface area (Å²) < 4.78 is 20.5. The van der Waals surface area contributed by atoms with Crippen molar-refractivity contribution in [2.75, 3.05) is 26.2 Å². The lowest BCUT2D eigenvalue weighted by Gasteiger charge is -2.35. The first-order valence-electron chi connectivity index (χ1n) is 16.6. The summed E-state index contributed by atoms with van der Waals surface area (Å²) in [5, 5.41) is 18.8. The summed E-state index contributed by atoms with van der Waals surface area (Å²) in [6.45, 7) is 8.05. The van der Waals surface area contributed by atoms with Gasteiger partial charge in [-0.2, -0.15) is 0 Å². The van der Waals surface area contributed by atoms with Crippen molar-refractivity contribution in [3.05, 3.63) is 35.0 Å². The van der Waals surface area contributed by atoms with Crippen molar-refractivity contribution in [2.24, 2.45) is 11.1 Å². The number of hydrogen-bond donors (Lipinski definition) is 5. The lowest BCUT2D eigenvalue weighted by molar-refractivity contribution is -0.145. The van der Waals surface area contributed by atoms with E-state index in [0.717, 1.165) is 41.8 Å². The number of hydrogen-bond acceptors (Lipinski definition) is 9. The molecular formula is C34H49FN6O6S. The van der Waals surface area contributed by atoms with E-state index in [1.54, 1.807) is 26.3 Å². The molecule has 264 valence electrons. The fourth-order valence-electron chi connectivity index (χ4n) is 5.62. The van der Waals surface area contributed by atoms with Gasteiger partial charge in [0, 0.05) is 31.6 Å². The Kier molecular flexibility index (Phi) is 12.5. The molecular weight excluding hydrogens is 639 g/mol. The molecule has 2 heterocycles. The molecule has 12 nitrogen and oxygen atoms in total. The maximum atomic E-state index is 14.5. The number of thiazole rings is 1. The van der Waals surface area contributed by atoms with Crippen molar-refractivity contribution in [3.8, 4) is 16.2 Å². The van der Waals surface area contributed by atoms with Crippen molar-refractivity contribution in [1.82, 2.24) is 25.8 Å². The maximum Gasteiger partial charge on any atom is 0.258 e. The van der Waals surface area contributed by atoms with E-state index in [0.29, 0.717) is 24.4 Å². The Morgan fingerprint density at radius 1 is 1.17 bits per heavy atom. The predicted octanol–water partition coefficient (Wildman–Crippen LogP) is 2.74. The van der Waals surface area contributed by atoms with Gasteiger partial charge in [-0.25, -0.2) is 9.37 Å². The van der Waals surface area contributed by atoms with Crippen LogP contribution in [0.1, 0.15) is 77.0 Å². The molecule has 1 aliphatic heterocycles. The average Bonchev–Trinajstić information content (AvgIpc) is 3.45. The van der Waals surface area contributed by atoms with Gasteiger partial charge >= 0.3 is 0 Å². The number of β-amino-alcohol motifs (C(OH)–C–C–N with tert-alkyl or cyclic N) is 1. The lowest BCUT2D eigenvalue weighted by atomic mass is 9.85. The molecule has 3 atom stereocenters. The van der Waals surface area contributed by atoms with E-state index in [-0.39, 0.29) is 44.9 Å². The summed E-state index contributed by atoms with van der Waals surface area (Å²) in [6, 6.07) is 3.40. The normalized spacial score (nSPS) is 19.0. The molecule has 0 bridgehead atoms. The monoisotopic (exact) mass is 688 g/mol. The number of aliphatic hydroxyl groups excluding tert-OH is 1. The molecule has 2 aliphatic rings. The van der Waals surface area contributed by atoms with E-state index in [9.17, 15) is 28.7 Å². The van der Waals surface area contributed by atoms with E-state index < -0.39 is 47.0 Å². The lowest BCUT2D eigenvalue weighted by Crippen LogP contribution is -2.59. The maximum absolute atomic E-state index is 14.5. The Bertz CT molecular complexity index is 1460. The highest BCUT2D eigenvalue weighted by Crippen LogP contribution is 2.40. The third kappa shape index (κ3) is 9.73. The van der Waals surface area contributed by atoms with Crippen molar-refractivity contribution in [3.63, 3.8) is 0 Å². The minimum Gasteiger partial charge on any atom is -0.483 e. The Labute approximate surface area is 285 Å². The number of amides is 4. The van der Waals surface area contributed by atoms with Crippen molar-refractivity contribution < 1.29 is 33.4 Å². The van der Waals surface area contributed by atoms with Gasteiger partial charge in [0.25, 0.3) is 11.8 Å². The molecule has 1 saturated heterocycles. The second-order valence-corrected chi connectivity index (χ2v) is 14.6. The second-order valence-electron chi connectivity index (χ2n) is 13.8. The number of rotatable bonds is 16. The van der Waals surface area contributed by atoms with E-state index in [1.165, 1.54) is 16.2 Å². The van der Waals surface area contributed by atoms with Crippen LogP contribution >= 0.6 is 11.3 Å². The van der Waals surface area contributed by atoms with Gasteiger partial charge in [0.1, 0.15) is 17.8 Å². The molecule has 1 aromatic heterocycles. The standard InChI is InChI=1S/C34H49FN6O6S/c1-21-28(48-20-39-21)22-9-10-23(26(15-22)47-19-27(43)37-14-8-6-5-7-13-36)17-38-30(44)25-16-24(42)18-41(25)31(45)29(33(2,3)4)40-32(46)34(35)11-12-34/h9-10,15,20,24-25,29,42H,5-8,11-14,16-19,36H2,1-4H3,(H,37,43)(H,38,44)(H,40,46)/t24-,25?,29-/m1/s1. The Morgan fingerprint density at radius 3 is 2.54 bits per heavy atom. The molecule has 1 unspecified atom stereocenters. The first kappa shape index (κ1) is 37.2. The van der Waals surface area contributed by atoms with Crippen LogP contribution < -0.4 is 26.4 Å². The van der Waals surface area contributed by atoms with E-state index in [4.69, 9.17) is 10.5 Å². The molecule has 2 fully saturated rings. The fraction of sp³-hybridized carbons (Fsp3) is 0.618. The molecule has 2 aromatic rings. The van der Waals surface area contributed by atoms with Crippen LogP contribution in [-0.2, 0) is 25.7 Å². The highest BCUT2D eigenvalue weighted by Gasteiger charge is 2.53. The summed E-state index contributed by atoms with van der Waals surface area (Å²) in [4.78, 5) is 59.0.